The summed E-state index contributed by atoms with van der Waals surface area (Å²) < 4.78 is 36.2. The standard InChI is InChI=1S/C43H61ClN10O7S/c1-30-28-53(23-19-46-30)38-26-36-31(27-45)24-32(44)25-37(36)41(38)61-34-10-12-35(13-11-34)62(59,60)51-33-14-22-54(29-33)40(56)9-7-18-50-43(58)48-16-3-2-15-47-42(57)49-17-6-8-39(55)52-20-4-5-21-52/h10-13,24-25,30,33,38,41,46,51H,2-9,14-23,26,28-29H2,1H3,(H2,47,49,57)(H2,48,50,58)/t30-,33+,38+,41+/m1/s1. The van der Waals surface area contributed by atoms with Crippen molar-refractivity contribution in [1.29, 1.82) is 5.26 Å². The van der Waals surface area contributed by atoms with Crippen LogP contribution in [0.15, 0.2) is 41.3 Å². The molecule has 0 bridgehead atoms. The Hall–Kier alpha value is -4.67. The van der Waals surface area contributed by atoms with Crippen molar-refractivity contribution >= 4 is 45.5 Å². The van der Waals surface area contributed by atoms with Crippen LogP contribution in [-0.2, 0) is 26.0 Å². The summed E-state index contributed by atoms with van der Waals surface area (Å²) >= 11 is 6.44. The number of nitrogens with one attached hydrogen (secondary N) is 6. The zero-order valence-corrected chi connectivity index (χ0v) is 37.1. The van der Waals surface area contributed by atoms with Gasteiger partial charge in [-0.15, -0.1) is 0 Å². The van der Waals surface area contributed by atoms with Crippen molar-refractivity contribution < 1.29 is 32.3 Å². The minimum Gasteiger partial charge on any atom is -0.484 e. The Balaban J connectivity index is 0.848. The van der Waals surface area contributed by atoms with Crippen LogP contribution < -0.4 is 36.0 Å². The molecule has 338 valence electrons. The number of fused-ring (bicyclic) bond motifs is 1. The summed E-state index contributed by atoms with van der Waals surface area (Å²) in [7, 11) is -3.89. The fourth-order valence-electron chi connectivity index (χ4n) is 8.65. The topological polar surface area (TPSA) is 217 Å². The molecule has 19 heteroatoms. The van der Waals surface area contributed by atoms with Gasteiger partial charge >= 0.3 is 12.1 Å². The van der Waals surface area contributed by atoms with Gasteiger partial charge in [-0.05, 0) is 106 Å². The van der Waals surface area contributed by atoms with Crippen LogP contribution in [0, 0.1) is 11.3 Å². The normalized spacial score (nSPS) is 21.2. The van der Waals surface area contributed by atoms with Gasteiger partial charge in [0, 0.05) is 102 Å². The van der Waals surface area contributed by atoms with Gasteiger partial charge in [-0.1, -0.05) is 11.6 Å². The number of benzene rings is 2. The Labute approximate surface area is 370 Å². The molecule has 0 aromatic heterocycles. The van der Waals surface area contributed by atoms with Gasteiger partial charge in [-0.3, -0.25) is 14.5 Å². The van der Waals surface area contributed by atoms with Crippen molar-refractivity contribution in [1.82, 2.24) is 46.0 Å². The number of piperazine rings is 1. The third-order valence-electron chi connectivity index (χ3n) is 11.9. The fourth-order valence-corrected chi connectivity index (χ4v) is 10.1. The molecule has 0 saturated carbocycles. The smallest absolute Gasteiger partial charge is 0.314 e. The Morgan fingerprint density at radius 1 is 0.839 bits per heavy atom. The number of hydrogen-bond acceptors (Lipinski definition) is 10. The van der Waals surface area contributed by atoms with Gasteiger partial charge in [0.05, 0.1) is 22.6 Å². The minimum absolute atomic E-state index is 0.0204. The molecular formula is C43H61ClN10O7S. The summed E-state index contributed by atoms with van der Waals surface area (Å²) in [6.07, 6.45) is 5.90. The zero-order valence-electron chi connectivity index (χ0n) is 35.6. The van der Waals surface area contributed by atoms with E-state index in [1.54, 1.807) is 23.1 Å². The number of ether oxygens (including phenoxy) is 1. The van der Waals surface area contributed by atoms with Crippen LogP contribution in [0.2, 0.25) is 5.02 Å². The molecule has 6 rings (SSSR count). The molecule has 0 spiro atoms. The number of hydrogen-bond donors (Lipinski definition) is 6. The summed E-state index contributed by atoms with van der Waals surface area (Å²) in [6.45, 7) is 8.63. The predicted octanol–water partition coefficient (Wildman–Crippen LogP) is 2.99. The van der Waals surface area contributed by atoms with E-state index in [1.807, 2.05) is 11.0 Å². The molecule has 0 radical (unpaired) electrons. The maximum absolute atomic E-state index is 13.4. The van der Waals surface area contributed by atoms with Crippen LogP contribution in [0.1, 0.15) is 87.5 Å². The van der Waals surface area contributed by atoms with E-state index in [4.69, 9.17) is 16.3 Å². The number of unbranched alkanes of at least 4 members (excludes halogenated alkanes) is 1. The summed E-state index contributed by atoms with van der Waals surface area (Å²) in [4.78, 5) is 55.1. The quantitative estimate of drug-likeness (QED) is 0.113. The summed E-state index contributed by atoms with van der Waals surface area (Å²) in [6, 6.07) is 11.4. The van der Waals surface area contributed by atoms with E-state index in [-0.39, 0.29) is 47.8 Å². The van der Waals surface area contributed by atoms with E-state index < -0.39 is 22.2 Å². The molecule has 6 N–H and O–H groups in total. The molecule has 62 heavy (non-hydrogen) atoms. The number of halogens is 1. The Morgan fingerprint density at radius 2 is 1.45 bits per heavy atom. The van der Waals surface area contributed by atoms with Crippen LogP contribution in [0.4, 0.5) is 9.59 Å². The molecule has 4 atom stereocenters. The largest absolute Gasteiger partial charge is 0.484 e. The number of amides is 6. The molecule has 3 heterocycles. The van der Waals surface area contributed by atoms with Crippen molar-refractivity contribution in [3.05, 3.63) is 58.1 Å². The molecule has 4 aliphatic rings. The Morgan fingerprint density at radius 3 is 2.06 bits per heavy atom. The number of urea groups is 2. The van der Waals surface area contributed by atoms with Gasteiger partial charge < -0.3 is 41.1 Å². The second kappa shape index (κ2) is 22.6. The highest BCUT2D eigenvalue weighted by Gasteiger charge is 2.41. The Kier molecular flexibility index (Phi) is 17.1. The van der Waals surface area contributed by atoms with Crippen molar-refractivity contribution in [2.45, 2.75) is 100 Å². The van der Waals surface area contributed by atoms with E-state index in [1.165, 1.54) is 12.1 Å². The number of rotatable bonds is 19. The zero-order chi connectivity index (χ0) is 44.1. The lowest BCUT2D eigenvalue weighted by Gasteiger charge is -2.38. The molecule has 2 aromatic carbocycles. The highest BCUT2D eigenvalue weighted by atomic mass is 35.5. The van der Waals surface area contributed by atoms with E-state index in [2.05, 4.69) is 49.2 Å². The van der Waals surface area contributed by atoms with Crippen molar-refractivity contribution in [2.75, 3.05) is 72.0 Å². The van der Waals surface area contributed by atoms with Crippen molar-refractivity contribution in [3.8, 4) is 11.8 Å². The first-order chi connectivity index (χ1) is 29.9. The molecule has 2 aromatic rings. The molecule has 17 nitrogen and oxygen atoms in total. The van der Waals surface area contributed by atoms with Gasteiger partial charge in [-0.2, -0.15) is 5.26 Å². The van der Waals surface area contributed by atoms with Gasteiger partial charge in [-0.25, -0.2) is 22.7 Å². The molecule has 3 saturated heterocycles. The molecular weight excluding hydrogens is 836 g/mol. The van der Waals surface area contributed by atoms with Crippen molar-refractivity contribution in [3.63, 3.8) is 0 Å². The van der Waals surface area contributed by atoms with E-state index in [0.717, 1.165) is 56.7 Å². The second-order valence-corrected chi connectivity index (χ2v) is 18.7. The van der Waals surface area contributed by atoms with Crippen LogP contribution >= 0.6 is 11.6 Å². The number of likely N-dealkylation sites (tertiary alicyclic amines) is 2. The van der Waals surface area contributed by atoms with E-state index in [9.17, 15) is 32.9 Å². The number of nitriles is 1. The molecule has 3 fully saturated rings. The maximum Gasteiger partial charge on any atom is 0.314 e. The second-order valence-electron chi connectivity index (χ2n) is 16.6. The average molecular weight is 898 g/mol. The number of sulfonamides is 1. The lowest BCUT2D eigenvalue weighted by molar-refractivity contribution is -0.131. The highest BCUT2D eigenvalue weighted by Crippen LogP contribution is 2.41. The molecule has 0 unspecified atom stereocenters. The lowest BCUT2D eigenvalue weighted by atomic mass is 10.0. The number of nitrogens with zero attached hydrogens (tertiary/aromatic N) is 4. The van der Waals surface area contributed by atoms with Gasteiger partial charge in [0.1, 0.15) is 11.9 Å². The predicted molar refractivity (Wildman–Crippen MR) is 234 cm³/mol. The average Bonchev–Trinajstić information content (AvgIpc) is 4.04. The van der Waals surface area contributed by atoms with Gasteiger partial charge in [0.15, 0.2) is 0 Å². The molecule has 3 aliphatic heterocycles. The Bertz CT molecular complexity index is 2030. The third kappa shape index (κ3) is 13.2. The first-order valence-electron chi connectivity index (χ1n) is 22.0. The molecule has 6 amide bonds. The lowest BCUT2D eigenvalue weighted by Crippen LogP contribution is -2.54. The minimum atomic E-state index is -3.89. The third-order valence-corrected chi connectivity index (χ3v) is 13.7. The number of carbonyl (C=O) groups excluding carboxylic acids is 4. The SMILES string of the molecule is C[C@@H]1CN([C@H]2Cc3c(C#N)cc(Cl)cc3[C@@H]2Oc2ccc(S(=O)(=O)N[C@H]3CCN(C(=O)CCCNC(=O)NCCCCNC(=O)NCCCC(=O)N4CCCC4)C3)cc2)CCN1. The van der Waals surface area contributed by atoms with Gasteiger partial charge in [0.25, 0.3) is 0 Å². The van der Waals surface area contributed by atoms with Crippen LogP contribution in [0.25, 0.3) is 0 Å². The maximum atomic E-state index is 13.4. The number of carbonyl (C=O) groups is 4. The van der Waals surface area contributed by atoms with Crippen LogP contribution in [0.3, 0.4) is 0 Å². The van der Waals surface area contributed by atoms with Crippen LogP contribution in [-0.4, -0.2) is 137 Å². The first kappa shape index (κ1) is 46.8. The van der Waals surface area contributed by atoms with Crippen molar-refractivity contribution in [2.24, 2.45) is 0 Å². The first-order valence-corrected chi connectivity index (χ1v) is 23.8. The summed E-state index contributed by atoms with van der Waals surface area (Å²) in [5.74, 6) is 0.543. The fraction of sp³-hybridized carbons (Fsp3) is 0.605. The van der Waals surface area contributed by atoms with Gasteiger partial charge in [0.2, 0.25) is 21.8 Å². The summed E-state index contributed by atoms with van der Waals surface area (Å²) in [5, 5.41) is 24.9. The summed E-state index contributed by atoms with van der Waals surface area (Å²) in [5.41, 5.74) is 2.34. The van der Waals surface area contributed by atoms with E-state index >= 15 is 0 Å². The highest BCUT2D eigenvalue weighted by molar-refractivity contribution is 7.89. The monoisotopic (exact) mass is 896 g/mol. The van der Waals surface area contributed by atoms with Crippen LogP contribution in [0.5, 0.6) is 5.75 Å². The molecule has 1 aliphatic carbocycles. The van der Waals surface area contributed by atoms with E-state index in [0.29, 0.717) is 100 Å².